The zero-order chi connectivity index (χ0) is 29.5. The van der Waals surface area contributed by atoms with Gasteiger partial charge in [-0.3, -0.25) is 4.99 Å². The van der Waals surface area contributed by atoms with Gasteiger partial charge in [0.05, 0.1) is 0 Å². The van der Waals surface area contributed by atoms with E-state index >= 15 is 0 Å². The van der Waals surface area contributed by atoms with Crippen molar-refractivity contribution in [3.8, 4) is 45.2 Å². The number of hydrogen-bond donors (Lipinski definition) is 2. The van der Waals surface area contributed by atoms with Crippen LogP contribution in [0.15, 0.2) is 97.1 Å². The van der Waals surface area contributed by atoms with E-state index in [1.165, 1.54) is 5.56 Å². The molecule has 0 unspecified atom stereocenters. The number of nitrogens with one attached hydrogen (secondary N) is 2. The predicted octanol–water partition coefficient (Wildman–Crippen LogP) is 7.76. The molecule has 2 nitrogen and oxygen atoms in total. The summed E-state index contributed by atoms with van der Waals surface area (Å²) in [6, 6.07) is 34.4. The SMILES string of the molecule is C[C@@H]([NH+]=CNc1c(-c2ccc(C#C[Si](C)(C)C)cc2)cccc1-c1ccc(C#C[Si](C)(C)C)cc1)c1ccccc1. The lowest BCUT2D eigenvalue weighted by Crippen LogP contribution is -2.71. The fourth-order valence-electron chi connectivity index (χ4n) is 4.25. The zero-order valence-electron chi connectivity index (χ0n) is 25.4. The Labute approximate surface area is 249 Å². The quantitative estimate of drug-likeness (QED) is 0.106. The van der Waals surface area contributed by atoms with E-state index in [0.29, 0.717) is 0 Å². The summed E-state index contributed by atoms with van der Waals surface area (Å²) < 4.78 is 0. The molecule has 0 spiro atoms. The minimum Gasteiger partial charge on any atom is -0.274 e. The molecule has 0 aliphatic carbocycles. The van der Waals surface area contributed by atoms with E-state index in [9.17, 15) is 0 Å². The maximum Gasteiger partial charge on any atom is 0.235 e. The summed E-state index contributed by atoms with van der Waals surface area (Å²) in [5.74, 6) is 6.75. The Morgan fingerprint density at radius 1 is 0.610 bits per heavy atom. The Morgan fingerprint density at radius 3 is 1.51 bits per heavy atom. The van der Waals surface area contributed by atoms with E-state index in [-0.39, 0.29) is 6.04 Å². The van der Waals surface area contributed by atoms with Gasteiger partial charge in [-0.2, -0.15) is 0 Å². The second-order valence-electron chi connectivity index (χ2n) is 12.5. The van der Waals surface area contributed by atoms with E-state index in [2.05, 4.69) is 170 Å². The Hall–Kier alpha value is -4.10. The number of para-hydroxylation sites is 1. The van der Waals surface area contributed by atoms with Crippen LogP contribution in [0.2, 0.25) is 39.3 Å². The molecule has 0 saturated heterocycles. The maximum atomic E-state index is 3.62. The van der Waals surface area contributed by atoms with Crippen LogP contribution in [0.25, 0.3) is 22.3 Å². The van der Waals surface area contributed by atoms with Crippen molar-refractivity contribution < 1.29 is 4.99 Å². The molecule has 41 heavy (non-hydrogen) atoms. The van der Waals surface area contributed by atoms with Crippen molar-refractivity contribution >= 4 is 28.2 Å². The van der Waals surface area contributed by atoms with Gasteiger partial charge in [0, 0.05) is 22.3 Å². The van der Waals surface area contributed by atoms with Crippen molar-refractivity contribution in [2.24, 2.45) is 0 Å². The van der Waals surface area contributed by atoms with Crippen molar-refractivity contribution in [1.29, 1.82) is 0 Å². The van der Waals surface area contributed by atoms with E-state index in [0.717, 1.165) is 39.1 Å². The highest BCUT2D eigenvalue weighted by atomic mass is 28.3. The summed E-state index contributed by atoms with van der Waals surface area (Å²) in [5.41, 5.74) is 15.9. The van der Waals surface area contributed by atoms with E-state index in [1.54, 1.807) is 0 Å². The minimum atomic E-state index is -1.43. The lowest BCUT2D eigenvalue weighted by molar-refractivity contribution is -0.500. The van der Waals surface area contributed by atoms with Crippen LogP contribution in [0.5, 0.6) is 0 Å². The van der Waals surface area contributed by atoms with Gasteiger partial charge >= 0.3 is 0 Å². The molecule has 2 N–H and O–H groups in total. The lowest BCUT2D eigenvalue weighted by atomic mass is 9.95. The molecule has 0 saturated carbocycles. The molecule has 0 heterocycles. The highest BCUT2D eigenvalue weighted by molar-refractivity contribution is 6.84. The molecule has 4 aromatic carbocycles. The first-order chi connectivity index (χ1) is 19.5. The Bertz CT molecular complexity index is 1520. The fraction of sp³-hybridized carbons (Fsp3) is 0.216. The topological polar surface area (TPSA) is 26.0 Å². The van der Waals surface area contributed by atoms with Crippen LogP contribution in [0.4, 0.5) is 5.69 Å². The van der Waals surface area contributed by atoms with Crippen molar-refractivity contribution in [2.45, 2.75) is 52.2 Å². The average molecular weight is 570 g/mol. The molecular weight excluding hydrogens is 529 g/mol. The molecular formula is C37H41N2Si2+. The van der Waals surface area contributed by atoms with Gasteiger partial charge in [-0.25, -0.2) is 5.32 Å². The normalized spacial score (nSPS) is 12.2. The number of hydrogen-bond acceptors (Lipinski definition) is 0. The molecule has 0 aliphatic rings. The van der Waals surface area contributed by atoms with Gasteiger partial charge < -0.3 is 0 Å². The molecule has 0 fully saturated rings. The highest BCUT2D eigenvalue weighted by Gasteiger charge is 2.16. The number of rotatable bonds is 6. The predicted molar refractivity (Wildman–Crippen MR) is 183 cm³/mol. The molecule has 0 radical (unpaired) electrons. The van der Waals surface area contributed by atoms with Crippen molar-refractivity contribution in [3.63, 3.8) is 0 Å². The van der Waals surface area contributed by atoms with E-state index in [1.807, 2.05) is 12.4 Å². The molecule has 0 aromatic heterocycles. The molecule has 206 valence electrons. The monoisotopic (exact) mass is 569 g/mol. The second-order valence-corrected chi connectivity index (χ2v) is 22.0. The lowest BCUT2D eigenvalue weighted by Gasteiger charge is -2.13. The smallest absolute Gasteiger partial charge is 0.235 e. The largest absolute Gasteiger partial charge is 0.274 e. The third-order valence-corrected chi connectivity index (χ3v) is 8.22. The van der Waals surface area contributed by atoms with Gasteiger partial charge in [0.25, 0.3) is 0 Å². The summed E-state index contributed by atoms with van der Waals surface area (Å²) in [4.78, 5) is 3.52. The second kappa shape index (κ2) is 13.0. The molecule has 4 rings (SSSR count). The van der Waals surface area contributed by atoms with Crippen LogP contribution in [-0.4, -0.2) is 22.5 Å². The minimum absolute atomic E-state index is 0.174. The third kappa shape index (κ3) is 8.95. The summed E-state index contributed by atoms with van der Waals surface area (Å²) in [6.45, 7) is 15.8. The molecule has 0 aliphatic heterocycles. The van der Waals surface area contributed by atoms with Gasteiger partial charge in [-0.05, 0) is 47.9 Å². The van der Waals surface area contributed by atoms with E-state index in [4.69, 9.17) is 0 Å². The van der Waals surface area contributed by atoms with Crippen LogP contribution in [0.3, 0.4) is 0 Å². The van der Waals surface area contributed by atoms with Crippen molar-refractivity contribution in [2.75, 3.05) is 5.32 Å². The Kier molecular flexibility index (Phi) is 9.51. The standard InChI is InChI=1S/C37H40N2Si2/c1-29(32-12-9-8-10-13-32)38-28-39-37-35(33-20-16-30(17-21-33)24-26-40(2,3)4)14-11-15-36(37)34-22-18-31(19-23-34)25-27-41(5,6)7/h8-23,28-29H,1-7H3,(H,38,39)/p+1/t29-/m1/s1. The van der Waals surface area contributed by atoms with Gasteiger partial charge in [-0.1, -0.05) is 124 Å². The van der Waals surface area contributed by atoms with Crippen molar-refractivity contribution in [3.05, 3.63) is 114 Å². The molecule has 4 heteroatoms. The third-order valence-electron chi connectivity index (χ3n) is 6.47. The Balaban J connectivity index is 1.72. The van der Waals surface area contributed by atoms with Crippen LogP contribution in [0.1, 0.15) is 29.7 Å². The van der Waals surface area contributed by atoms with Crippen molar-refractivity contribution in [1.82, 2.24) is 0 Å². The van der Waals surface area contributed by atoms with E-state index < -0.39 is 16.1 Å². The molecule has 4 aromatic rings. The first kappa shape index (κ1) is 29.9. The Morgan fingerprint density at radius 2 is 1.07 bits per heavy atom. The first-order valence-corrected chi connectivity index (χ1v) is 21.3. The number of anilines is 1. The summed E-state index contributed by atoms with van der Waals surface area (Å²) in [6.07, 6.45) is 1.96. The zero-order valence-corrected chi connectivity index (χ0v) is 27.4. The van der Waals surface area contributed by atoms with Crippen LogP contribution in [-0.2, 0) is 0 Å². The van der Waals surface area contributed by atoms with Crippen LogP contribution in [0, 0.1) is 22.9 Å². The van der Waals surface area contributed by atoms with Gasteiger partial charge in [0.2, 0.25) is 6.34 Å². The molecule has 0 amide bonds. The van der Waals surface area contributed by atoms with Gasteiger partial charge in [0.15, 0.2) is 0 Å². The fourth-order valence-corrected chi connectivity index (χ4v) is 5.29. The van der Waals surface area contributed by atoms with Crippen LogP contribution >= 0.6 is 0 Å². The molecule has 0 bridgehead atoms. The average Bonchev–Trinajstić information content (AvgIpc) is 2.95. The summed E-state index contributed by atoms with van der Waals surface area (Å²) >= 11 is 0. The summed E-state index contributed by atoms with van der Waals surface area (Å²) in [7, 11) is -2.86. The number of benzene rings is 4. The molecule has 1 atom stereocenters. The van der Waals surface area contributed by atoms with Crippen LogP contribution < -0.4 is 10.3 Å². The maximum absolute atomic E-state index is 3.62. The summed E-state index contributed by atoms with van der Waals surface area (Å²) in [5, 5.41) is 3.62. The van der Waals surface area contributed by atoms with Gasteiger partial charge in [-0.15, -0.1) is 11.1 Å². The van der Waals surface area contributed by atoms with Gasteiger partial charge in [0.1, 0.15) is 27.9 Å². The first-order valence-electron chi connectivity index (χ1n) is 14.3. The highest BCUT2D eigenvalue weighted by Crippen LogP contribution is 2.37.